The topological polar surface area (TPSA) is 90.7 Å². The molecule has 0 radical (unpaired) electrons. The van der Waals surface area contributed by atoms with Gasteiger partial charge in [-0.1, -0.05) is 0 Å². The number of ether oxygens (including phenoxy) is 2. The number of benzene rings is 1. The van der Waals surface area contributed by atoms with Crippen molar-refractivity contribution in [2.75, 3.05) is 13.7 Å². The van der Waals surface area contributed by atoms with E-state index in [1.807, 2.05) is 29.6 Å². The molecule has 2 heterocycles. The largest absolute Gasteiger partial charge is 0.497 e. The highest BCUT2D eigenvalue weighted by atomic mass is 32.1. The van der Waals surface area contributed by atoms with Crippen LogP contribution in [0.2, 0.25) is 0 Å². The Hall–Kier alpha value is -3.13. The van der Waals surface area contributed by atoms with Crippen LogP contribution in [0.15, 0.2) is 52.5 Å². The molecule has 3 aromatic rings. The van der Waals surface area contributed by atoms with Crippen LogP contribution in [0.4, 0.5) is 0 Å². The Morgan fingerprint density at radius 2 is 2.04 bits per heavy atom. The SMILES string of the molecule is COc1ccc(-c2nc(COC(=O)CCNC(=O)c3ccco3)cs2)cc1. The minimum absolute atomic E-state index is 0.0714. The third-order valence-electron chi connectivity index (χ3n) is 3.63. The van der Waals surface area contributed by atoms with Crippen molar-refractivity contribution in [2.45, 2.75) is 13.0 Å². The van der Waals surface area contributed by atoms with Gasteiger partial charge in [0.15, 0.2) is 5.76 Å². The zero-order chi connectivity index (χ0) is 19.1. The van der Waals surface area contributed by atoms with Gasteiger partial charge in [0, 0.05) is 17.5 Å². The number of nitrogens with one attached hydrogen (secondary N) is 1. The van der Waals surface area contributed by atoms with Crippen molar-refractivity contribution in [1.82, 2.24) is 10.3 Å². The van der Waals surface area contributed by atoms with E-state index >= 15 is 0 Å². The molecule has 0 saturated heterocycles. The molecule has 8 heteroatoms. The first-order valence-corrected chi connectivity index (χ1v) is 9.10. The Labute approximate surface area is 159 Å². The Morgan fingerprint density at radius 3 is 2.74 bits per heavy atom. The number of thiazole rings is 1. The Bertz CT molecular complexity index is 887. The number of amides is 1. The molecule has 0 atom stereocenters. The summed E-state index contributed by atoms with van der Waals surface area (Å²) >= 11 is 1.48. The molecule has 0 saturated carbocycles. The quantitative estimate of drug-likeness (QED) is 0.598. The van der Waals surface area contributed by atoms with E-state index < -0.39 is 5.97 Å². The number of nitrogens with zero attached hydrogens (tertiary/aromatic N) is 1. The second kappa shape index (κ2) is 9.00. The fourth-order valence-corrected chi connectivity index (χ4v) is 3.05. The monoisotopic (exact) mass is 386 g/mol. The third kappa shape index (κ3) is 5.18. The summed E-state index contributed by atoms with van der Waals surface area (Å²) in [5.41, 5.74) is 1.65. The fourth-order valence-electron chi connectivity index (χ4n) is 2.24. The maximum absolute atomic E-state index is 11.8. The number of hydrogen-bond acceptors (Lipinski definition) is 7. The summed E-state index contributed by atoms with van der Waals surface area (Å²) in [7, 11) is 1.62. The van der Waals surface area contributed by atoms with Crippen LogP contribution in [0, 0.1) is 0 Å². The van der Waals surface area contributed by atoms with Gasteiger partial charge in [-0.25, -0.2) is 4.98 Å². The van der Waals surface area contributed by atoms with Crippen LogP contribution < -0.4 is 10.1 Å². The van der Waals surface area contributed by atoms with Gasteiger partial charge in [0.1, 0.15) is 17.4 Å². The van der Waals surface area contributed by atoms with Gasteiger partial charge in [-0.2, -0.15) is 0 Å². The van der Waals surface area contributed by atoms with E-state index in [4.69, 9.17) is 13.9 Å². The summed E-state index contributed by atoms with van der Waals surface area (Å²) in [5, 5.41) is 5.29. The van der Waals surface area contributed by atoms with Crippen molar-refractivity contribution in [3.05, 3.63) is 59.5 Å². The number of rotatable bonds is 8. The first kappa shape index (κ1) is 18.7. The lowest BCUT2D eigenvalue weighted by Gasteiger charge is -2.04. The van der Waals surface area contributed by atoms with Crippen molar-refractivity contribution in [1.29, 1.82) is 0 Å². The van der Waals surface area contributed by atoms with Crippen LogP contribution in [0.1, 0.15) is 22.7 Å². The van der Waals surface area contributed by atoms with Gasteiger partial charge in [0.25, 0.3) is 5.91 Å². The summed E-state index contributed by atoms with van der Waals surface area (Å²) in [4.78, 5) is 27.9. The van der Waals surface area contributed by atoms with Crippen molar-refractivity contribution in [2.24, 2.45) is 0 Å². The minimum atomic E-state index is -0.409. The third-order valence-corrected chi connectivity index (χ3v) is 4.57. The first-order valence-electron chi connectivity index (χ1n) is 8.22. The van der Waals surface area contributed by atoms with Crippen LogP contribution in [-0.2, 0) is 16.1 Å². The molecule has 27 heavy (non-hydrogen) atoms. The van der Waals surface area contributed by atoms with Crippen molar-refractivity contribution < 1.29 is 23.5 Å². The van der Waals surface area contributed by atoms with Crippen LogP contribution >= 0.6 is 11.3 Å². The van der Waals surface area contributed by atoms with Gasteiger partial charge in [-0.15, -0.1) is 11.3 Å². The highest BCUT2D eigenvalue weighted by Gasteiger charge is 2.11. The molecule has 0 bridgehead atoms. The molecular weight excluding hydrogens is 368 g/mol. The summed E-state index contributed by atoms with van der Waals surface area (Å²) in [6.07, 6.45) is 1.49. The van der Waals surface area contributed by atoms with E-state index in [9.17, 15) is 9.59 Å². The molecule has 0 fully saturated rings. The van der Waals surface area contributed by atoms with Gasteiger partial charge in [0.05, 0.1) is 25.5 Å². The Balaban J connectivity index is 1.42. The summed E-state index contributed by atoms with van der Waals surface area (Å²) in [6, 6.07) is 10.8. The predicted molar refractivity (Wildman–Crippen MR) is 99.6 cm³/mol. The van der Waals surface area contributed by atoms with Crippen LogP contribution in [0.3, 0.4) is 0 Å². The van der Waals surface area contributed by atoms with Gasteiger partial charge in [-0.05, 0) is 36.4 Å². The van der Waals surface area contributed by atoms with Crippen LogP contribution in [0.5, 0.6) is 5.75 Å². The second-order valence-corrected chi connectivity index (χ2v) is 6.37. The standard InChI is InChI=1S/C19H18N2O5S/c1-24-15-6-4-13(5-7-15)19-21-14(12-27-19)11-26-17(22)8-9-20-18(23)16-3-2-10-25-16/h2-7,10,12H,8-9,11H2,1H3,(H,20,23). The molecule has 7 nitrogen and oxygen atoms in total. The van der Waals surface area contributed by atoms with E-state index in [1.165, 1.54) is 17.6 Å². The average molecular weight is 386 g/mol. The van der Waals surface area contributed by atoms with Crippen molar-refractivity contribution in [3.8, 4) is 16.3 Å². The van der Waals surface area contributed by atoms with E-state index in [1.54, 1.807) is 19.2 Å². The zero-order valence-corrected chi connectivity index (χ0v) is 15.5. The molecule has 3 rings (SSSR count). The molecule has 0 aliphatic heterocycles. The number of carbonyl (C=O) groups excluding carboxylic acids is 2. The molecule has 0 spiro atoms. The lowest BCUT2D eigenvalue weighted by atomic mass is 10.2. The number of carbonyl (C=O) groups is 2. The summed E-state index contributed by atoms with van der Waals surface area (Å²) < 4.78 is 15.3. The molecule has 0 unspecified atom stereocenters. The Kier molecular flexibility index (Phi) is 6.22. The molecular formula is C19H18N2O5S. The van der Waals surface area contributed by atoms with E-state index in [-0.39, 0.29) is 31.2 Å². The maximum atomic E-state index is 11.8. The molecule has 140 valence electrons. The number of esters is 1. The highest BCUT2D eigenvalue weighted by molar-refractivity contribution is 7.13. The van der Waals surface area contributed by atoms with Crippen LogP contribution in [-0.4, -0.2) is 30.5 Å². The number of methoxy groups -OCH3 is 1. The van der Waals surface area contributed by atoms with E-state index in [0.717, 1.165) is 16.3 Å². The fraction of sp³-hybridized carbons (Fsp3) is 0.211. The molecule has 1 aromatic carbocycles. The van der Waals surface area contributed by atoms with Crippen molar-refractivity contribution in [3.63, 3.8) is 0 Å². The Morgan fingerprint density at radius 1 is 1.22 bits per heavy atom. The number of aromatic nitrogens is 1. The first-order chi connectivity index (χ1) is 13.2. The maximum Gasteiger partial charge on any atom is 0.307 e. The number of hydrogen-bond donors (Lipinski definition) is 1. The van der Waals surface area contributed by atoms with Gasteiger partial charge in [-0.3, -0.25) is 9.59 Å². The lowest BCUT2D eigenvalue weighted by molar-refractivity contribution is -0.144. The smallest absolute Gasteiger partial charge is 0.307 e. The summed E-state index contributed by atoms with van der Waals surface area (Å²) in [6.45, 7) is 0.268. The van der Waals surface area contributed by atoms with E-state index in [2.05, 4.69) is 10.3 Å². The normalized spacial score (nSPS) is 10.4. The van der Waals surface area contributed by atoms with Gasteiger partial charge >= 0.3 is 5.97 Å². The van der Waals surface area contributed by atoms with Crippen molar-refractivity contribution >= 4 is 23.2 Å². The molecule has 1 amide bonds. The van der Waals surface area contributed by atoms with Gasteiger partial charge < -0.3 is 19.2 Å². The lowest BCUT2D eigenvalue weighted by Crippen LogP contribution is -2.26. The van der Waals surface area contributed by atoms with E-state index in [0.29, 0.717) is 5.69 Å². The molecule has 0 aliphatic carbocycles. The highest BCUT2D eigenvalue weighted by Crippen LogP contribution is 2.25. The molecule has 1 N–H and O–H groups in total. The predicted octanol–water partition coefficient (Wildman–Crippen LogP) is 3.28. The van der Waals surface area contributed by atoms with Gasteiger partial charge in [0.2, 0.25) is 0 Å². The van der Waals surface area contributed by atoms with Crippen LogP contribution in [0.25, 0.3) is 10.6 Å². The molecule has 0 aliphatic rings. The number of furan rings is 1. The summed E-state index contributed by atoms with van der Waals surface area (Å²) in [5.74, 6) is 0.214. The average Bonchev–Trinajstić information content (AvgIpc) is 3.38. The minimum Gasteiger partial charge on any atom is -0.497 e. The molecule has 2 aromatic heterocycles. The zero-order valence-electron chi connectivity index (χ0n) is 14.6. The second-order valence-electron chi connectivity index (χ2n) is 5.52.